The molecule has 1 fully saturated rings. The van der Waals surface area contributed by atoms with Crippen LogP contribution < -0.4 is 0 Å². The van der Waals surface area contributed by atoms with E-state index in [1.54, 1.807) is 6.07 Å². The second-order valence-corrected chi connectivity index (χ2v) is 9.40. The number of nitrogens with zero attached hydrogens (tertiary/aromatic N) is 3. The summed E-state index contributed by atoms with van der Waals surface area (Å²) in [5.74, 6) is 0.472. The molecule has 2 aromatic heterocycles. The van der Waals surface area contributed by atoms with Crippen molar-refractivity contribution in [2.75, 3.05) is 39.5 Å². The predicted molar refractivity (Wildman–Crippen MR) is 142 cm³/mol. The van der Waals surface area contributed by atoms with Gasteiger partial charge in [-0.25, -0.2) is 9.78 Å². The molecule has 7 nitrogen and oxygen atoms in total. The highest BCUT2D eigenvalue weighted by atomic mass is 16.5. The summed E-state index contributed by atoms with van der Waals surface area (Å²) in [7, 11) is 0. The SMILES string of the molecule is CCn1c2ccc(C)cc2c2cc(-c3nc4ccc(C(=O)OCCN5CCOCC5)cc4[nH]3)ccc21. The van der Waals surface area contributed by atoms with Crippen LogP contribution in [-0.2, 0) is 16.0 Å². The summed E-state index contributed by atoms with van der Waals surface area (Å²) >= 11 is 0. The van der Waals surface area contributed by atoms with Crippen LogP contribution in [0, 0.1) is 6.92 Å². The highest BCUT2D eigenvalue weighted by Gasteiger charge is 2.15. The number of carbonyl (C=O) groups excluding carboxylic acids is 1. The number of carbonyl (C=O) groups is 1. The number of imidazole rings is 1. The smallest absolute Gasteiger partial charge is 0.338 e. The fourth-order valence-corrected chi connectivity index (χ4v) is 5.15. The molecule has 1 N–H and O–H groups in total. The molecule has 0 aliphatic carbocycles. The summed E-state index contributed by atoms with van der Waals surface area (Å²) in [4.78, 5) is 23.1. The number of rotatable bonds is 6. The molecule has 6 rings (SSSR count). The second-order valence-electron chi connectivity index (χ2n) is 9.40. The van der Waals surface area contributed by atoms with E-state index in [2.05, 4.69) is 64.7 Å². The van der Waals surface area contributed by atoms with E-state index in [4.69, 9.17) is 14.5 Å². The molecule has 3 aromatic carbocycles. The van der Waals surface area contributed by atoms with Gasteiger partial charge in [-0.2, -0.15) is 0 Å². The molecule has 0 unspecified atom stereocenters. The van der Waals surface area contributed by atoms with Crippen LogP contribution in [-0.4, -0.2) is 64.9 Å². The van der Waals surface area contributed by atoms with Crippen molar-refractivity contribution in [3.63, 3.8) is 0 Å². The number of ether oxygens (including phenoxy) is 2. The van der Waals surface area contributed by atoms with Gasteiger partial charge in [0.1, 0.15) is 12.4 Å². The molecule has 0 amide bonds. The molecular formula is C29H30N4O3. The lowest BCUT2D eigenvalue weighted by Gasteiger charge is -2.26. The van der Waals surface area contributed by atoms with Crippen LogP contribution in [0.4, 0.5) is 0 Å². The van der Waals surface area contributed by atoms with E-state index < -0.39 is 0 Å². The van der Waals surface area contributed by atoms with E-state index in [-0.39, 0.29) is 5.97 Å². The number of nitrogens with one attached hydrogen (secondary N) is 1. The number of aromatic amines is 1. The van der Waals surface area contributed by atoms with Crippen LogP contribution in [0.3, 0.4) is 0 Å². The first-order valence-electron chi connectivity index (χ1n) is 12.6. The Hall–Kier alpha value is -3.68. The molecule has 36 heavy (non-hydrogen) atoms. The summed E-state index contributed by atoms with van der Waals surface area (Å²) < 4.78 is 13.2. The molecule has 0 saturated carbocycles. The molecule has 0 bridgehead atoms. The van der Waals surface area contributed by atoms with Crippen LogP contribution in [0.15, 0.2) is 54.6 Å². The Morgan fingerprint density at radius 3 is 2.61 bits per heavy atom. The van der Waals surface area contributed by atoms with Gasteiger partial charge in [0.05, 0.1) is 29.8 Å². The fraction of sp³-hybridized carbons (Fsp3) is 0.310. The van der Waals surface area contributed by atoms with Gasteiger partial charge in [0.2, 0.25) is 0 Å². The minimum Gasteiger partial charge on any atom is -0.461 e. The molecule has 0 spiro atoms. The highest BCUT2D eigenvalue weighted by molar-refractivity contribution is 6.09. The maximum Gasteiger partial charge on any atom is 0.338 e. The number of esters is 1. The lowest BCUT2D eigenvalue weighted by molar-refractivity contribution is 0.0195. The van der Waals surface area contributed by atoms with Crippen molar-refractivity contribution in [1.82, 2.24) is 19.4 Å². The van der Waals surface area contributed by atoms with Crippen LogP contribution in [0.25, 0.3) is 44.2 Å². The number of morpholine rings is 1. The number of aromatic nitrogens is 3. The lowest BCUT2D eigenvalue weighted by atomic mass is 10.1. The van der Waals surface area contributed by atoms with Crippen LogP contribution in [0.1, 0.15) is 22.8 Å². The van der Waals surface area contributed by atoms with Crippen molar-refractivity contribution < 1.29 is 14.3 Å². The molecule has 1 aliphatic heterocycles. The second kappa shape index (κ2) is 9.41. The number of hydrogen-bond acceptors (Lipinski definition) is 5. The van der Waals surface area contributed by atoms with Gasteiger partial charge in [-0.05, 0) is 62.4 Å². The summed E-state index contributed by atoms with van der Waals surface area (Å²) in [6, 6.07) is 18.6. The Morgan fingerprint density at radius 2 is 1.81 bits per heavy atom. The zero-order valence-corrected chi connectivity index (χ0v) is 20.7. The predicted octanol–water partition coefficient (Wildman–Crippen LogP) is 5.16. The molecular weight excluding hydrogens is 452 g/mol. The Morgan fingerprint density at radius 1 is 1.03 bits per heavy atom. The third kappa shape index (κ3) is 4.14. The largest absolute Gasteiger partial charge is 0.461 e. The van der Waals surface area contributed by atoms with Crippen LogP contribution >= 0.6 is 0 Å². The molecule has 7 heteroatoms. The Bertz CT molecular complexity index is 1580. The van der Waals surface area contributed by atoms with Gasteiger partial charge in [0, 0.05) is 53.5 Å². The lowest BCUT2D eigenvalue weighted by Crippen LogP contribution is -2.38. The van der Waals surface area contributed by atoms with E-state index in [1.807, 2.05) is 12.1 Å². The zero-order chi connectivity index (χ0) is 24.6. The van der Waals surface area contributed by atoms with Crippen LogP contribution in [0.5, 0.6) is 0 Å². The standard InChI is InChI=1S/C29H30N4O3/c1-3-33-26-8-4-19(2)16-22(26)23-17-20(6-9-27(23)33)28-30-24-7-5-21(18-25(24)31-28)29(34)36-15-12-32-10-13-35-14-11-32/h4-9,16-18H,3,10-15H2,1-2H3,(H,30,31). The Labute approximate surface area is 209 Å². The minimum atomic E-state index is -0.314. The van der Waals surface area contributed by atoms with Crippen molar-refractivity contribution in [3.05, 3.63) is 65.7 Å². The summed E-state index contributed by atoms with van der Waals surface area (Å²) in [5.41, 5.74) is 6.90. The van der Waals surface area contributed by atoms with Gasteiger partial charge >= 0.3 is 5.97 Å². The molecule has 3 heterocycles. The van der Waals surface area contributed by atoms with Crippen molar-refractivity contribution in [1.29, 1.82) is 0 Å². The molecule has 1 saturated heterocycles. The average Bonchev–Trinajstić information content (AvgIpc) is 3.47. The summed E-state index contributed by atoms with van der Waals surface area (Å²) in [6.45, 7) is 9.55. The Balaban J connectivity index is 1.26. The number of fused-ring (bicyclic) bond motifs is 4. The third-order valence-corrected chi connectivity index (χ3v) is 7.07. The average molecular weight is 483 g/mol. The molecule has 0 atom stereocenters. The topological polar surface area (TPSA) is 72.4 Å². The minimum absolute atomic E-state index is 0.314. The number of H-pyrrole nitrogens is 1. The van der Waals surface area contributed by atoms with E-state index in [1.165, 1.54) is 27.4 Å². The van der Waals surface area contributed by atoms with Gasteiger partial charge in [-0.15, -0.1) is 0 Å². The zero-order valence-electron chi connectivity index (χ0n) is 20.7. The number of benzene rings is 3. The third-order valence-electron chi connectivity index (χ3n) is 7.07. The normalized spacial score (nSPS) is 14.7. The summed E-state index contributed by atoms with van der Waals surface area (Å²) in [6.07, 6.45) is 0. The molecule has 0 radical (unpaired) electrons. The van der Waals surface area contributed by atoms with Gasteiger partial charge < -0.3 is 19.0 Å². The van der Waals surface area contributed by atoms with Gasteiger partial charge in [-0.1, -0.05) is 11.6 Å². The maximum absolute atomic E-state index is 12.6. The van der Waals surface area contributed by atoms with E-state index in [9.17, 15) is 4.79 Å². The maximum atomic E-state index is 12.6. The van der Waals surface area contributed by atoms with Crippen LogP contribution in [0.2, 0.25) is 0 Å². The van der Waals surface area contributed by atoms with Crippen molar-refractivity contribution in [2.24, 2.45) is 0 Å². The first-order chi connectivity index (χ1) is 17.6. The summed E-state index contributed by atoms with van der Waals surface area (Å²) in [5, 5.41) is 2.48. The number of aryl methyl sites for hydroxylation is 2. The quantitative estimate of drug-likeness (QED) is 0.339. The van der Waals surface area contributed by atoms with Crippen molar-refractivity contribution in [3.8, 4) is 11.4 Å². The van der Waals surface area contributed by atoms with Gasteiger partial charge in [-0.3, -0.25) is 4.90 Å². The van der Waals surface area contributed by atoms with E-state index in [0.717, 1.165) is 61.8 Å². The number of hydrogen-bond donors (Lipinski definition) is 1. The fourth-order valence-electron chi connectivity index (χ4n) is 5.15. The Kier molecular flexibility index (Phi) is 5.95. The monoisotopic (exact) mass is 482 g/mol. The first-order valence-corrected chi connectivity index (χ1v) is 12.6. The van der Waals surface area contributed by atoms with Crippen molar-refractivity contribution in [2.45, 2.75) is 20.4 Å². The molecule has 184 valence electrons. The highest BCUT2D eigenvalue weighted by Crippen LogP contribution is 2.33. The molecule has 1 aliphatic rings. The first kappa shape index (κ1) is 22.8. The van der Waals surface area contributed by atoms with E-state index in [0.29, 0.717) is 12.2 Å². The van der Waals surface area contributed by atoms with Gasteiger partial charge in [0.25, 0.3) is 0 Å². The van der Waals surface area contributed by atoms with E-state index >= 15 is 0 Å². The molecule has 5 aromatic rings. The van der Waals surface area contributed by atoms with Gasteiger partial charge in [0.15, 0.2) is 0 Å². The van der Waals surface area contributed by atoms with Crippen molar-refractivity contribution >= 4 is 38.8 Å².